The Kier molecular flexibility index (Phi) is 2.49. The Morgan fingerprint density at radius 2 is 2.40 bits per heavy atom. The second-order valence-electron chi connectivity index (χ2n) is 1.94. The molecule has 0 amide bonds. The van der Waals surface area contributed by atoms with Gasteiger partial charge in [-0.25, -0.2) is 0 Å². The van der Waals surface area contributed by atoms with E-state index in [2.05, 4.69) is 6.58 Å². The van der Waals surface area contributed by atoms with Crippen LogP contribution in [0.15, 0.2) is 23.4 Å². The summed E-state index contributed by atoms with van der Waals surface area (Å²) in [6.45, 7) is 3.58. The molecule has 0 aliphatic rings. The maximum Gasteiger partial charge on any atom is 0.0563 e. The molecule has 10 heavy (non-hydrogen) atoms. The quantitative estimate of drug-likeness (QED) is 0.684. The Labute approximate surface area is 69.1 Å². The molecule has 2 N–H and O–H groups in total. The van der Waals surface area contributed by atoms with Gasteiger partial charge in [0.15, 0.2) is 0 Å². The smallest absolute Gasteiger partial charge is 0.0563 e. The van der Waals surface area contributed by atoms with Gasteiger partial charge in [-0.1, -0.05) is 17.7 Å². The minimum atomic E-state index is -0.126. The normalized spacial score (nSPS) is 13.0. The van der Waals surface area contributed by atoms with Crippen molar-refractivity contribution < 1.29 is 0 Å². The molecule has 1 aromatic heterocycles. The molecule has 0 spiro atoms. The van der Waals surface area contributed by atoms with Crippen molar-refractivity contribution in [3.8, 4) is 0 Å². The maximum absolute atomic E-state index is 5.80. The molecule has 0 aromatic carbocycles. The zero-order valence-corrected chi connectivity index (χ0v) is 6.95. The molecule has 0 saturated heterocycles. The third-order valence-electron chi connectivity index (χ3n) is 1.26. The molecule has 1 aromatic rings. The largest absolute Gasteiger partial charge is 0.321 e. The summed E-state index contributed by atoms with van der Waals surface area (Å²) in [4.78, 5) is 0. The molecule has 1 nitrogen and oxygen atoms in total. The van der Waals surface area contributed by atoms with E-state index in [0.717, 1.165) is 10.6 Å². The van der Waals surface area contributed by atoms with Crippen LogP contribution >= 0.6 is 22.9 Å². The van der Waals surface area contributed by atoms with Gasteiger partial charge in [0.1, 0.15) is 0 Å². The van der Waals surface area contributed by atoms with Crippen molar-refractivity contribution in [1.29, 1.82) is 0 Å². The number of hydrogen-bond acceptors (Lipinski definition) is 2. The van der Waals surface area contributed by atoms with E-state index in [1.807, 2.05) is 10.8 Å². The zero-order chi connectivity index (χ0) is 7.56. The first kappa shape index (κ1) is 7.79. The van der Waals surface area contributed by atoms with Crippen molar-refractivity contribution >= 4 is 22.9 Å². The van der Waals surface area contributed by atoms with Crippen molar-refractivity contribution in [3.63, 3.8) is 0 Å². The second kappa shape index (κ2) is 3.19. The third kappa shape index (κ3) is 1.40. The predicted molar refractivity (Wildman–Crippen MR) is 46.5 cm³/mol. The van der Waals surface area contributed by atoms with Crippen LogP contribution in [0.3, 0.4) is 0 Å². The average molecular weight is 174 g/mol. The van der Waals surface area contributed by atoms with Crippen LogP contribution in [0.2, 0.25) is 5.02 Å². The van der Waals surface area contributed by atoms with Crippen LogP contribution in [0.25, 0.3) is 0 Å². The summed E-state index contributed by atoms with van der Waals surface area (Å²) in [7, 11) is 0. The van der Waals surface area contributed by atoms with E-state index in [1.165, 1.54) is 0 Å². The first-order chi connectivity index (χ1) is 4.75. The van der Waals surface area contributed by atoms with Crippen LogP contribution in [0.5, 0.6) is 0 Å². The van der Waals surface area contributed by atoms with E-state index < -0.39 is 0 Å². The van der Waals surface area contributed by atoms with Gasteiger partial charge >= 0.3 is 0 Å². The van der Waals surface area contributed by atoms with Crippen LogP contribution in [0.4, 0.5) is 0 Å². The van der Waals surface area contributed by atoms with Gasteiger partial charge in [-0.15, -0.1) is 6.58 Å². The number of rotatable bonds is 2. The van der Waals surface area contributed by atoms with Gasteiger partial charge in [-0.2, -0.15) is 11.3 Å². The van der Waals surface area contributed by atoms with Gasteiger partial charge in [0, 0.05) is 10.9 Å². The third-order valence-corrected chi connectivity index (χ3v) is 2.47. The molecule has 1 atom stereocenters. The molecular formula is C7H8ClNS. The molecule has 1 rings (SSSR count). The minimum absolute atomic E-state index is 0.126. The summed E-state index contributed by atoms with van der Waals surface area (Å²) in [6.07, 6.45) is 1.67. The number of halogens is 1. The lowest BCUT2D eigenvalue weighted by Gasteiger charge is -2.02. The van der Waals surface area contributed by atoms with Gasteiger partial charge in [0.05, 0.1) is 11.1 Å². The molecule has 1 heterocycles. The van der Waals surface area contributed by atoms with E-state index >= 15 is 0 Å². The fourth-order valence-corrected chi connectivity index (χ4v) is 1.81. The predicted octanol–water partition coefficient (Wildman–Crippen LogP) is 2.59. The molecule has 0 bridgehead atoms. The second-order valence-corrected chi connectivity index (χ2v) is 3.09. The molecule has 0 saturated carbocycles. The van der Waals surface area contributed by atoms with Gasteiger partial charge in [-0.3, -0.25) is 0 Å². The van der Waals surface area contributed by atoms with Gasteiger partial charge in [0.25, 0.3) is 0 Å². The van der Waals surface area contributed by atoms with Crippen LogP contribution in [0.1, 0.15) is 11.6 Å². The van der Waals surface area contributed by atoms with Gasteiger partial charge < -0.3 is 5.73 Å². The first-order valence-electron chi connectivity index (χ1n) is 2.85. The highest BCUT2D eigenvalue weighted by Gasteiger charge is 2.05. The topological polar surface area (TPSA) is 26.0 Å². The van der Waals surface area contributed by atoms with E-state index in [9.17, 15) is 0 Å². The van der Waals surface area contributed by atoms with E-state index in [0.29, 0.717) is 0 Å². The highest BCUT2D eigenvalue weighted by atomic mass is 35.5. The maximum atomic E-state index is 5.80. The number of nitrogens with two attached hydrogens (primary N) is 1. The lowest BCUT2D eigenvalue weighted by atomic mass is 10.2. The summed E-state index contributed by atoms with van der Waals surface area (Å²) in [5, 5.41) is 4.53. The van der Waals surface area contributed by atoms with Crippen molar-refractivity contribution in [2.24, 2.45) is 5.73 Å². The summed E-state index contributed by atoms with van der Waals surface area (Å²) in [5.74, 6) is 0. The Morgan fingerprint density at radius 1 is 1.70 bits per heavy atom. The summed E-state index contributed by atoms with van der Waals surface area (Å²) in [6, 6.07) is -0.126. The van der Waals surface area contributed by atoms with Crippen molar-refractivity contribution in [3.05, 3.63) is 34.0 Å². The van der Waals surface area contributed by atoms with Crippen LogP contribution < -0.4 is 5.73 Å². The van der Waals surface area contributed by atoms with Crippen molar-refractivity contribution in [2.75, 3.05) is 0 Å². The minimum Gasteiger partial charge on any atom is -0.321 e. The fourth-order valence-electron chi connectivity index (χ4n) is 0.656. The van der Waals surface area contributed by atoms with Crippen LogP contribution in [0, 0.1) is 0 Å². The molecular weight excluding hydrogens is 166 g/mol. The molecule has 0 aliphatic heterocycles. The fraction of sp³-hybridized carbons (Fsp3) is 0.143. The van der Waals surface area contributed by atoms with E-state index in [1.54, 1.807) is 17.4 Å². The standard InChI is InChI=1S/C7H8ClNS/c1-2-7(9)5-3-10-4-6(5)8/h2-4,7H,1,9H2. The van der Waals surface area contributed by atoms with Gasteiger partial charge in [0.2, 0.25) is 0 Å². The Morgan fingerprint density at radius 3 is 2.80 bits per heavy atom. The van der Waals surface area contributed by atoms with E-state index in [4.69, 9.17) is 17.3 Å². The Bertz CT molecular complexity index is 231. The zero-order valence-electron chi connectivity index (χ0n) is 5.38. The number of hydrogen-bond donors (Lipinski definition) is 1. The molecule has 54 valence electrons. The number of thiophene rings is 1. The lowest BCUT2D eigenvalue weighted by Crippen LogP contribution is -2.05. The molecule has 0 aliphatic carbocycles. The Hall–Kier alpha value is -0.310. The average Bonchev–Trinajstić information content (AvgIpc) is 2.34. The van der Waals surface area contributed by atoms with Crippen molar-refractivity contribution in [1.82, 2.24) is 0 Å². The lowest BCUT2D eigenvalue weighted by molar-refractivity contribution is 0.921. The highest BCUT2D eigenvalue weighted by Crippen LogP contribution is 2.25. The summed E-state index contributed by atoms with van der Waals surface area (Å²) >= 11 is 7.35. The van der Waals surface area contributed by atoms with Crippen LogP contribution in [-0.4, -0.2) is 0 Å². The van der Waals surface area contributed by atoms with Gasteiger partial charge in [-0.05, 0) is 5.38 Å². The monoisotopic (exact) mass is 173 g/mol. The van der Waals surface area contributed by atoms with E-state index in [-0.39, 0.29) is 6.04 Å². The molecule has 0 radical (unpaired) electrons. The highest BCUT2D eigenvalue weighted by molar-refractivity contribution is 7.08. The Balaban J connectivity index is 2.92. The summed E-state index contributed by atoms with van der Waals surface area (Å²) in [5.41, 5.74) is 6.60. The first-order valence-corrected chi connectivity index (χ1v) is 4.17. The van der Waals surface area contributed by atoms with Crippen molar-refractivity contribution in [2.45, 2.75) is 6.04 Å². The summed E-state index contributed by atoms with van der Waals surface area (Å²) < 4.78 is 0. The SMILES string of the molecule is C=CC(N)c1cscc1Cl. The molecule has 0 fully saturated rings. The van der Waals surface area contributed by atoms with Crippen LogP contribution in [-0.2, 0) is 0 Å². The molecule has 1 unspecified atom stereocenters. The molecule has 3 heteroatoms.